The van der Waals surface area contributed by atoms with Crippen LogP contribution in [0.4, 0.5) is 0 Å². The lowest BCUT2D eigenvalue weighted by atomic mass is 10.1. The van der Waals surface area contributed by atoms with E-state index in [4.69, 9.17) is 27.9 Å². The summed E-state index contributed by atoms with van der Waals surface area (Å²) < 4.78 is 34.3. The minimum Gasteiger partial charge on any atom is -0.493 e. The van der Waals surface area contributed by atoms with Gasteiger partial charge in [-0.1, -0.05) is 72.4 Å². The highest BCUT2D eigenvalue weighted by atomic mass is 35.5. The Bertz CT molecular complexity index is 1440. The summed E-state index contributed by atoms with van der Waals surface area (Å²) in [4.78, 5) is 16.7. The number of amides is 1. The molecule has 1 aromatic heterocycles. The number of benzene rings is 2. The number of nitrogens with one attached hydrogen (secondary N) is 1. The molecule has 0 spiro atoms. The van der Waals surface area contributed by atoms with E-state index >= 15 is 0 Å². The van der Waals surface area contributed by atoms with Gasteiger partial charge in [0, 0.05) is 11.1 Å². The average Bonchev–Trinajstić information content (AvgIpc) is 3.49. The van der Waals surface area contributed by atoms with E-state index in [9.17, 15) is 13.2 Å². The Hall–Kier alpha value is -3.07. The summed E-state index contributed by atoms with van der Waals surface area (Å²) in [7, 11) is -3.98. The van der Waals surface area contributed by atoms with E-state index in [0.29, 0.717) is 41.2 Å². The standard InChI is InChI=1S/C28H29Cl2N3O4S/c1-20-31-28(30)26(13-14-27(34)32-38(35,36)16-15-21-7-3-2-4-8-21)33(20)18-23-11-12-24(17-25(23)29)37-19-22-9-5-6-10-22/h2-4,7-8,11-17,22H,5-6,9-10,18-19H2,1H3,(H,32,34)/b14-13+,16-15+. The molecule has 0 saturated heterocycles. The number of carbonyl (C=O) groups excluding carboxylic acids is 1. The molecule has 0 atom stereocenters. The van der Waals surface area contributed by atoms with Crippen molar-refractivity contribution in [1.29, 1.82) is 0 Å². The second kappa shape index (κ2) is 12.7. The molecule has 1 fully saturated rings. The third kappa shape index (κ3) is 7.72. The Morgan fingerprint density at radius 2 is 1.87 bits per heavy atom. The summed E-state index contributed by atoms with van der Waals surface area (Å²) >= 11 is 12.9. The molecule has 38 heavy (non-hydrogen) atoms. The fourth-order valence-electron chi connectivity index (χ4n) is 4.31. The smallest absolute Gasteiger partial charge is 0.257 e. The van der Waals surface area contributed by atoms with E-state index in [1.54, 1.807) is 41.8 Å². The highest BCUT2D eigenvalue weighted by molar-refractivity contribution is 7.93. The third-order valence-corrected chi connectivity index (χ3v) is 7.95. The second-order valence-electron chi connectivity index (χ2n) is 9.19. The largest absolute Gasteiger partial charge is 0.493 e. The van der Waals surface area contributed by atoms with Crippen LogP contribution < -0.4 is 9.46 Å². The molecule has 1 aliphatic rings. The lowest BCUT2D eigenvalue weighted by molar-refractivity contribution is -0.114. The van der Waals surface area contributed by atoms with E-state index in [1.165, 1.54) is 37.8 Å². The van der Waals surface area contributed by atoms with Gasteiger partial charge in [0.1, 0.15) is 11.6 Å². The van der Waals surface area contributed by atoms with Gasteiger partial charge in [0.25, 0.3) is 15.9 Å². The van der Waals surface area contributed by atoms with Gasteiger partial charge in [0.15, 0.2) is 5.15 Å². The molecular formula is C28H29Cl2N3O4S. The maximum Gasteiger partial charge on any atom is 0.257 e. The zero-order valence-electron chi connectivity index (χ0n) is 20.9. The second-order valence-corrected chi connectivity index (χ2v) is 11.5. The third-order valence-electron chi connectivity index (χ3n) is 6.34. The van der Waals surface area contributed by atoms with Crippen molar-refractivity contribution in [2.24, 2.45) is 5.92 Å². The molecule has 10 heteroatoms. The first kappa shape index (κ1) is 28.0. The number of hydrogen-bond donors (Lipinski definition) is 1. The molecule has 4 rings (SSSR count). The van der Waals surface area contributed by atoms with Crippen LogP contribution in [-0.2, 0) is 21.4 Å². The summed E-state index contributed by atoms with van der Waals surface area (Å²) in [6, 6.07) is 14.5. The van der Waals surface area contributed by atoms with Crippen LogP contribution >= 0.6 is 23.2 Å². The lowest BCUT2D eigenvalue weighted by Gasteiger charge is -2.14. The Labute approximate surface area is 233 Å². The molecule has 0 aliphatic heterocycles. The van der Waals surface area contributed by atoms with Crippen molar-refractivity contribution in [1.82, 2.24) is 14.3 Å². The average molecular weight is 575 g/mol. The van der Waals surface area contributed by atoms with Crippen LogP contribution in [0.3, 0.4) is 0 Å². The van der Waals surface area contributed by atoms with Crippen LogP contribution in [0, 0.1) is 12.8 Å². The Morgan fingerprint density at radius 1 is 1.13 bits per heavy atom. The molecule has 1 heterocycles. The Kier molecular flexibility index (Phi) is 9.31. The van der Waals surface area contributed by atoms with Crippen molar-refractivity contribution < 1.29 is 17.9 Å². The minimum absolute atomic E-state index is 0.186. The number of aryl methyl sites for hydroxylation is 1. The van der Waals surface area contributed by atoms with Gasteiger partial charge in [-0.3, -0.25) is 4.79 Å². The molecule has 7 nitrogen and oxygen atoms in total. The van der Waals surface area contributed by atoms with Crippen molar-refractivity contribution in [3.05, 3.63) is 92.8 Å². The van der Waals surface area contributed by atoms with Gasteiger partial charge in [-0.25, -0.2) is 18.1 Å². The maximum atomic E-state index is 12.4. The number of rotatable bonds is 10. The first-order chi connectivity index (χ1) is 18.2. The highest BCUT2D eigenvalue weighted by Gasteiger charge is 2.17. The van der Waals surface area contributed by atoms with Crippen LogP contribution in [0.25, 0.3) is 12.2 Å². The molecule has 1 saturated carbocycles. The van der Waals surface area contributed by atoms with Crippen molar-refractivity contribution in [2.45, 2.75) is 39.2 Å². The molecule has 0 radical (unpaired) electrons. The quantitative estimate of drug-likeness (QED) is 0.290. The Morgan fingerprint density at radius 3 is 2.58 bits per heavy atom. The van der Waals surface area contributed by atoms with Gasteiger partial charge < -0.3 is 9.30 Å². The SMILES string of the molecule is Cc1nc(Cl)c(/C=C/C(=O)NS(=O)(=O)/C=C/c2ccccc2)n1Cc1ccc(OCC2CCCC2)cc1Cl. The molecule has 1 aliphatic carbocycles. The van der Waals surface area contributed by atoms with Crippen LogP contribution in [-0.4, -0.2) is 30.5 Å². The monoisotopic (exact) mass is 573 g/mol. The lowest BCUT2D eigenvalue weighted by Crippen LogP contribution is -2.26. The molecule has 200 valence electrons. The van der Waals surface area contributed by atoms with Gasteiger partial charge in [-0.2, -0.15) is 0 Å². The van der Waals surface area contributed by atoms with E-state index in [-0.39, 0.29) is 5.15 Å². The van der Waals surface area contributed by atoms with Gasteiger partial charge in [0.2, 0.25) is 0 Å². The molecular weight excluding hydrogens is 545 g/mol. The summed E-state index contributed by atoms with van der Waals surface area (Å²) in [5, 5.41) is 1.67. The molecule has 2 aromatic carbocycles. The van der Waals surface area contributed by atoms with E-state index in [2.05, 4.69) is 4.98 Å². The van der Waals surface area contributed by atoms with Crippen molar-refractivity contribution in [3.63, 3.8) is 0 Å². The maximum absolute atomic E-state index is 12.4. The van der Waals surface area contributed by atoms with Gasteiger partial charge in [-0.05, 0) is 61.1 Å². The van der Waals surface area contributed by atoms with Crippen LogP contribution in [0.15, 0.2) is 60.0 Å². The van der Waals surface area contributed by atoms with E-state index < -0.39 is 15.9 Å². The number of ether oxygens (including phenoxy) is 1. The van der Waals surface area contributed by atoms with Crippen molar-refractivity contribution in [2.75, 3.05) is 6.61 Å². The van der Waals surface area contributed by atoms with E-state index in [0.717, 1.165) is 22.8 Å². The first-order valence-electron chi connectivity index (χ1n) is 12.3. The molecule has 0 unspecified atom stereocenters. The number of hydrogen-bond acceptors (Lipinski definition) is 5. The molecule has 3 aromatic rings. The summed E-state index contributed by atoms with van der Waals surface area (Å²) in [5.74, 6) is 1.13. The van der Waals surface area contributed by atoms with Crippen LogP contribution in [0.1, 0.15) is 48.3 Å². The first-order valence-corrected chi connectivity index (χ1v) is 14.6. The number of imidazole rings is 1. The zero-order chi connectivity index (χ0) is 27.1. The number of carbonyl (C=O) groups is 1. The van der Waals surface area contributed by atoms with E-state index in [1.807, 2.05) is 22.9 Å². The molecule has 1 amide bonds. The normalized spacial score (nSPS) is 14.5. The number of nitrogens with zero attached hydrogens (tertiary/aromatic N) is 2. The van der Waals surface area contributed by atoms with Crippen LogP contribution in [0.2, 0.25) is 10.2 Å². The predicted molar refractivity (Wildman–Crippen MR) is 152 cm³/mol. The minimum atomic E-state index is -3.98. The van der Waals surface area contributed by atoms with Gasteiger partial charge in [0.05, 0.1) is 24.3 Å². The molecule has 1 N–H and O–H groups in total. The molecule has 0 bridgehead atoms. The number of aromatic nitrogens is 2. The zero-order valence-corrected chi connectivity index (χ0v) is 23.3. The summed E-state index contributed by atoms with van der Waals surface area (Å²) in [6.07, 6.45) is 8.88. The topological polar surface area (TPSA) is 90.3 Å². The summed E-state index contributed by atoms with van der Waals surface area (Å²) in [5.41, 5.74) is 1.97. The Balaban J connectivity index is 1.42. The highest BCUT2D eigenvalue weighted by Crippen LogP contribution is 2.29. The van der Waals surface area contributed by atoms with Gasteiger partial charge in [-0.15, -0.1) is 0 Å². The van der Waals surface area contributed by atoms with Crippen molar-refractivity contribution >= 4 is 51.3 Å². The van der Waals surface area contributed by atoms with Gasteiger partial charge >= 0.3 is 0 Å². The van der Waals surface area contributed by atoms with Crippen LogP contribution in [0.5, 0.6) is 5.75 Å². The summed E-state index contributed by atoms with van der Waals surface area (Å²) in [6.45, 7) is 2.84. The number of sulfonamides is 1. The van der Waals surface area contributed by atoms with Crippen molar-refractivity contribution in [3.8, 4) is 5.75 Å². The fraction of sp³-hybridized carbons (Fsp3) is 0.286. The predicted octanol–water partition coefficient (Wildman–Crippen LogP) is 6.25. The fourth-order valence-corrected chi connectivity index (χ4v) is 5.58. The number of halogens is 2.